The molecule has 3 aromatic heterocycles. The monoisotopic (exact) mass is 654 g/mol. The number of amides is 1. The molecule has 5 aromatic rings. The Morgan fingerprint density at radius 2 is 1.72 bits per heavy atom. The molecule has 0 bridgehead atoms. The fourth-order valence-corrected chi connectivity index (χ4v) is 6.37. The summed E-state index contributed by atoms with van der Waals surface area (Å²) in [6, 6.07) is 17.0. The number of carboxylic acids is 1. The Morgan fingerprint density at radius 1 is 1.00 bits per heavy atom. The molecule has 0 unspecified atom stereocenters. The van der Waals surface area contributed by atoms with E-state index in [1.807, 2.05) is 45.7 Å². The SMILES string of the molecule is O=C(O)C(F)(F)F.O=C1NS(=O)(=O)c2cc(-c3cnc(N4CCOCC4)c4nc(CCc5ccc6ccccc6n5)cn34)ccc21. The third kappa shape index (κ3) is 6.21. The van der Waals surface area contributed by atoms with Crippen LogP contribution < -0.4 is 9.62 Å². The highest BCUT2D eigenvalue weighted by atomic mass is 32.2. The number of nitrogens with one attached hydrogen (secondary N) is 1. The van der Waals surface area contributed by atoms with Crippen LogP contribution in [-0.2, 0) is 32.4 Å². The van der Waals surface area contributed by atoms with E-state index in [0.29, 0.717) is 49.6 Å². The number of hydrogen-bond donors (Lipinski definition) is 2. The maximum absolute atomic E-state index is 12.5. The molecule has 1 saturated heterocycles. The Hall–Kier alpha value is -5.09. The first kappa shape index (κ1) is 30.9. The minimum absolute atomic E-state index is 0.0295. The van der Waals surface area contributed by atoms with Gasteiger partial charge in [-0.25, -0.2) is 27.9 Å². The van der Waals surface area contributed by atoms with E-state index in [2.05, 4.69) is 11.0 Å². The van der Waals surface area contributed by atoms with Crippen molar-refractivity contribution in [3.05, 3.63) is 83.9 Å². The average Bonchev–Trinajstić information content (AvgIpc) is 3.57. The summed E-state index contributed by atoms with van der Waals surface area (Å²) < 4.78 is 66.2. The normalized spacial score (nSPS) is 15.7. The lowest BCUT2D eigenvalue weighted by Gasteiger charge is -2.28. The zero-order chi connectivity index (χ0) is 32.6. The van der Waals surface area contributed by atoms with Crippen LogP contribution >= 0.6 is 0 Å². The molecule has 0 spiro atoms. The molecule has 2 N–H and O–H groups in total. The van der Waals surface area contributed by atoms with Gasteiger partial charge in [-0.2, -0.15) is 13.2 Å². The summed E-state index contributed by atoms with van der Waals surface area (Å²) >= 11 is 0. The summed E-state index contributed by atoms with van der Waals surface area (Å²) in [6.07, 6.45) is 0.0103. The van der Waals surface area contributed by atoms with Crippen LogP contribution in [0.4, 0.5) is 19.0 Å². The molecule has 0 saturated carbocycles. The van der Waals surface area contributed by atoms with Crippen LogP contribution in [-0.4, -0.2) is 77.2 Å². The van der Waals surface area contributed by atoms with Gasteiger partial charge in [0.2, 0.25) is 0 Å². The van der Waals surface area contributed by atoms with Gasteiger partial charge in [-0.05, 0) is 37.1 Å². The van der Waals surface area contributed by atoms with Crippen LogP contribution in [0.2, 0.25) is 0 Å². The highest BCUT2D eigenvalue weighted by Crippen LogP contribution is 2.31. The molecule has 2 aromatic carbocycles. The molecular formula is C30H25F3N6O6S. The summed E-state index contributed by atoms with van der Waals surface area (Å²) in [4.78, 5) is 37.6. The number of aliphatic carboxylic acids is 1. The second kappa shape index (κ2) is 12.0. The fraction of sp³-hybridized carbons (Fsp3) is 0.233. The lowest BCUT2D eigenvalue weighted by Crippen LogP contribution is -2.37. The molecular weight excluding hydrogens is 629 g/mol. The number of fused-ring (bicyclic) bond motifs is 3. The molecule has 7 rings (SSSR count). The van der Waals surface area contributed by atoms with Gasteiger partial charge in [0.15, 0.2) is 11.5 Å². The van der Waals surface area contributed by atoms with Gasteiger partial charge in [-0.1, -0.05) is 30.3 Å². The maximum Gasteiger partial charge on any atom is 0.490 e. The van der Waals surface area contributed by atoms with E-state index in [0.717, 1.165) is 34.5 Å². The summed E-state index contributed by atoms with van der Waals surface area (Å²) in [5.74, 6) is -2.62. The van der Waals surface area contributed by atoms with Crippen molar-refractivity contribution in [1.29, 1.82) is 0 Å². The summed E-state index contributed by atoms with van der Waals surface area (Å²) in [6.45, 7) is 2.63. The number of aryl methyl sites for hydroxylation is 2. The van der Waals surface area contributed by atoms with Crippen LogP contribution in [0.15, 0.2) is 71.9 Å². The molecule has 0 atom stereocenters. The van der Waals surface area contributed by atoms with Crippen molar-refractivity contribution >= 4 is 44.3 Å². The largest absolute Gasteiger partial charge is 0.490 e. The number of rotatable bonds is 5. The average molecular weight is 655 g/mol. The quantitative estimate of drug-likeness (QED) is 0.287. The number of carbonyl (C=O) groups is 2. The molecule has 16 heteroatoms. The van der Waals surface area contributed by atoms with E-state index in [1.54, 1.807) is 12.3 Å². The van der Waals surface area contributed by atoms with Crippen molar-refractivity contribution < 1.29 is 41.0 Å². The highest BCUT2D eigenvalue weighted by molar-refractivity contribution is 7.90. The number of hydrogen-bond acceptors (Lipinski definition) is 9. The van der Waals surface area contributed by atoms with Gasteiger partial charge in [0.25, 0.3) is 15.9 Å². The number of halogens is 3. The van der Waals surface area contributed by atoms with Gasteiger partial charge < -0.3 is 14.7 Å². The Labute approximate surface area is 259 Å². The zero-order valence-electron chi connectivity index (χ0n) is 23.9. The molecule has 2 aliphatic heterocycles. The van der Waals surface area contributed by atoms with Gasteiger partial charge in [-0.3, -0.25) is 14.2 Å². The first-order valence-electron chi connectivity index (χ1n) is 14.0. The second-order valence-electron chi connectivity index (χ2n) is 10.4. The van der Waals surface area contributed by atoms with Crippen molar-refractivity contribution in [1.82, 2.24) is 24.1 Å². The number of alkyl halides is 3. The van der Waals surface area contributed by atoms with E-state index in [-0.39, 0.29) is 10.5 Å². The molecule has 0 radical (unpaired) electrons. The molecule has 1 fully saturated rings. The minimum Gasteiger partial charge on any atom is -0.475 e. The van der Waals surface area contributed by atoms with E-state index in [9.17, 15) is 26.4 Å². The lowest BCUT2D eigenvalue weighted by atomic mass is 10.1. The van der Waals surface area contributed by atoms with Gasteiger partial charge in [0.1, 0.15) is 4.90 Å². The third-order valence-electron chi connectivity index (χ3n) is 7.41. The van der Waals surface area contributed by atoms with Gasteiger partial charge in [0.05, 0.1) is 41.9 Å². The smallest absolute Gasteiger partial charge is 0.475 e. The number of nitrogens with zero attached hydrogens (tertiary/aromatic N) is 5. The van der Waals surface area contributed by atoms with Crippen LogP contribution in [0.3, 0.4) is 0 Å². The number of para-hydroxylation sites is 1. The number of carboxylic acid groups (broad SMARTS) is 1. The predicted molar refractivity (Wildman–Crippen MR) is 159 cm³/mol. The number of morpholine rings is 1. The van der Waals surface area contributed by atoms with E-state index in [1.165, 1.54) is 12.1 Å². The van der Waals surface area contributed by atoms with E-state index >= 15 is 0 Å². The molecule has 1 amide bonds. The van der Waals surface area contributed by atoms with E-state index < -0.39 is 28.1 Å². The number of carbonyl (C=O) groups excluding carboxylic acids is 1. The Balaban J connectivity index is 0.000000480. The minimum atomic E-state index is -5.08. The van der Waals surface area contributed by atoms with Gasteiger partial charge >= 0.3 is 12.1 Å². The Kier molecular flexibility index (Phi) is 8.08. The molecule has 5 heterocycles. The topological polar surface area (TPSA) is 156 Å². The molecule has 238 valence electrons. The number of aromatic nitrogens is 4. The van der Waals surface area contributed by atoms with Crippen molar-refractivity contribution in [3.63, 3.8) is 0 Å². The number of pyridine rings is 1. The second-order valence-corrected chi connectivity index (χ2v) is 12.1. The van der Waals surface area contributed by atoms with Crippen molar-refractivity contribution in [2.45, 2.75) is 23.9 Å². The number of imidazole rings is 1. The highest BCUT2D eigenvalue weighted by Gasteiger charge is 2.38. The molecule has 0 aliphatic carbocycles. The summed E-state index contributed by atoms with van der Waals surface area (Å²) in [7, 11) is -3.89. The van der Waals surface area contributed by atoms with Crippen LogP contribution in [0.5, 0.6) is 0 Å². The first-order chi connectivity index (χ1) is 21.9. The van der Waals surface area contributed by atoms with Crippen molar-refractivity contribution in [2.24, 2.45) is 0 Å². The van der Waals surface area contributed by atoms with Gasteiger partial charge in [0, 0.05) is 35.9 Å². The summed E-state index contributed by atoms with van der Waals surface area (Å²) in [5.41, 5.74) is 4.96. The molecule has 12 nitrogen and oxygen atoms in total. The van der Waals surface area contributed by atoms with Crippen LogP contribution in [0.25, 0.3) is 27.8 Å². The Morgan fingerprint density at radius 3 is 2.46 bits per heavy atom. The van der Waals surface area contributed by atoms with Crippen LogP contribution in [0.1, 0.15) is 21.7 Å². The van der Waals surface area contributed by atoms with Gasteiger partial charge in [-0.15, -0.1) is 0 Å². The maximum atomic E-state index is 12.5. The third-order valence-corrected chi connectivity index (χ3v) is 8.78. The first-order valence-corrected chi connectivity index (χ1v) is 15.4. The fourth-order valence-electron chi connectivity index (χ4n) is 5.17. The van der Waals surface area contributed by atoms with Crippen LogP contribution in [0, 0.1) is 0 Å². The number of sulfonamides is 1. The molecule has 46 heavy (non-hydrogen) atoms. The number of anilines is 1. The molecule has 2 aliphatic rings. The van der Waals surface area contributed by atoms with E-state index in [4.69, 9.17) is 29.6 Å². The summed E-state index contributed by atoms with van der Waals surface area (Å²) in [5, 5.41) is 8.23. The standard InChI is InChI=1S/C28H24N6O4S.C2HF3O2/c35-28-22-10-6-19(15-25(22)39(36,37)32-28)24-16-29-26(33-11-13-38-14-12-33)27-31-21(17-34(24)27)9-8-20-7-5-18-3-1-2-4-23(18)30-20;3-2(4,5)1(6)7/h1-7,10,15-17H,8-9,11-14H2,(H,32,35);(H,6,7). The van der Waals surface area contributed by atoms with Crippen molar-refractivity contribution in [3.8, 4) is 11.3 Å². The number of benzene rings is 2. The Bertz CT molecular complexity index is 2090. The number of ether oxygens (including phenoxy) is 1. The van der Waals surface area contributed by atoms with Crippen molar-refractivity contribution in [2.75, 3.05) is 31.2 Å². The zero-order valence-corrected chi connectivity index (χ0v) is 24.7. The lowest BCUT2D eigenvalue weighted by molar-refractivity contribution is -0.192. The predicted octanol–water partition coefficient (Wildman–Crippen LogP) is 3.63.